The van der Waals surface area contributed by atoms with Crippen LogP contribution >= 0.6 is 28.3 Å². The second-order valence-corrected chi connectivity index (χ2v) is 7.14. The summed E-state index contributed by atoms with van der Waals surface area (Å²) in [5, 5.41) is 3.19. The third-order valence-electron chi connectivity index (χ3n) is 3.00. The predicted molar refractivity (Wildman–Crippen MR) is 82.3 cm³/mol. The first-order chi connectivity index (χ1) is 8.49. The van der Waals surface area contributed by atoms with Crippen LogP contribution in [0.5, 0.6) is 0 Å². The number of halogens is 2. The molecule has 0 amide bonds. The molecule has 1 aromatic rings. The molecule has 0 unspecified atom stereocenters. The summed E-state index contributed by atoms with van der Waals surface area (Å²) in [6.07, 6.45) is 1.89. The van der Waals surface area contributed by atoms with Crippen LogP contribution in [0.15, 0.2) is 27.6 Å². The minimum atomic E-state index is -3.44. The molecular formula is C12H18BrClN2O2S. The lowest BCUT2D eigenvalue weighted by molar-refractivity contribution is 0.428. The van der Waals surface area contributed by atoms with E-state index < -0.39 is 10.0 Å². The van der Waals surface area contributed by atoms with Crippen molar-refractivity contribution < 1.29 is 8.42 Å². The van der Waals surface area contributed by atoms with E-state index >= 15 is 0 Å². The van der Waals surface area contributed by atoms with Gasteiger partial charge in [-0.15, -0.1) is 12.4 Å². The zero-order valence-electron chi connectivity index (χ0n) is 10.6. The molecule has 0 spiro atoms. The van der Waals surface area contributed by atoms with E-state index in [2.05, 4.69) is 26.0 Å². The van der Waals surface area contributed by atoms with Gasteiger partial charge in [0.15, 0.2) is 0 Å². The molecule has 2 rings (SSSR count). The SMILES string of the molecule is Cc1ccc(S(=O)(=O)N[C@H]2CCCNC2)c(Br)c1.Cl. The molecule has 1 heterocycles. The molecule has 1 saturated heterocycles. The molecular weight excluding hydrogens is 352 g/mol. The van der Waals surface area contributed by atoms with Gasteiger partial charge in [-0.05, 0) is 59.9 Å². The average Bonchev–Trinajstić information content (AvgIpc) is 2.29. The van der Waals surface area contributed by atoms with Gasteiger partial charge >= 0.3 is 0 Å². The van der Waals surface area contributed by atoms with Crippen LogP contribution < -0.4 is 10.0 Å². The Morgan fingerprint density at radius 3 is 2.74 bits per heavy atom. The monoisotopic (exact) mass is 368 g/mol. The summed E-state index contributed by atoms with van der Waals surface area (Å²) in [6, 6.07) is 5.24. The molecule has 0 aliphatic carbocycles. The number of aryl methyl sites for hydroxylation is 1. The summed E-state index contributed by atoms with van der Waals surface area (Å²) in [6.45, 7) is 3.59. The summed E-state index contributed by atoms with van der Waals surface area (Å²) < 4.78 is 27.9. The van der Waals surface area contributed by atoms with Crippen molar-refractivity contribution in [2.45, 2.75) is 30.7 Å². The Labute approximate surface area is 128 Å². The largest absolute Gasteiger partial charge is 0.315 e. The molecule has 0 radical (unpaired) electrons. The Bertz CT molecular complexity index is 531. The molecule has 1 fully saturated rings. The third kappa shape index (κ3) is 4.43. The quantitative estimate of drug-likeness (QED) is 0.859. The maximum Gasteiger partial charge on any atom is 0.241 e. The first-order valence-electron chi connectivity index (χ1n) is 5.98. The van der Waals surface area contributed by atoms with Gasteiger partial charge < -0.3 is 5.32 Å². The van der Waals surface area contributed by atoms with Gasteiger partial charge in [0.25, 0.3) is 0 Å². The maximum absolute atomic E-state index is 12.3. The van der Waals surface area contributed by atoms with Gasteiger partial charge in [-0.2, -0.15) is 0 Å². The van der Waals surface area contributed by atoms with Crippen molar-refractivity contribution in [3.8, 4) is 0 Å². The molecule has 108 valence electrons. The van der Waals surface area contributed by atoms with E-state index in [1.807, 2.05) is 13.0 Å². The van der Waals surface area contributed by atoms with Crippen molar-refractivity contribution in [2.24, 2.45) is 0 Å². The molecule has 7 heteroatoms. The lowest BCUT2D eigenvalue weighted by Gasteiger charge is -2.23. The van der Waals surface area contributed by atoms with Crippen LogP contribution in [0.3, 0.4) is 0 Å². The van der Waals surface area contributed by atoms with Crippen molar-refractivity contribution in [3.63, 3.8) is 0 Å². The number of nitrogens with one attached hydrogen (secondary N) is 2. The number of hydrogen-bond donors (Lipinski definition) is 2. The highest BCUT2D eigenvalue weighted by Crippen LogP contribution is 2.23. The van der Waals surface area contributed by atoms with Gasteiger partial charge in [-0.3, -0.25) is 0 Å². The van der Waals surface area contributed by atoms with Crippen LogP contribution in [0.2, 0.25) is 0 Å². The van der Waals surface area contributed by atoms with Gasteiger partial charge in [-0.1, -0.05) is 6.07 Å². The molecule has 2 N–H and O–H groups in total. The van der Waals surface area contributed by atoms with Crippen molar-refractivity contribution in [1.29, 1.82) is 0 Å². The molecule has 1 aliphatic rings. The lowest BCUT2D eigenvalue weighted by Crippen LogP contribution is -2.45. The zero-order chi connectivity index (χ0) is 13.2. The third-order valence-corrected chi connectivity index (χ3v) is 5.49. The Balaban J connectivity index is 0.00000180. The molecule has 1 atom stereocenters. The lowest BCUT2D eigenvalue weighted by atomic mass is 10.1. The van der Waals surface area contributed by atoms with E-state index in [0.717, 1.165) is 24.9 Å². The second kappa shape index (κ2) is 7.04. The Hall–Kier alpha value is -0.140. The van der Waals surface area contributed by atoms with Gasteiger partial charge in [0.1, 0.15) is 0 Å². The summed E-state index contributed by atoms with van der Waals surface area (Å²) in [7, 11) is -3.44. The number of rotatable bonds is 3. The standard InChI is InChI=1S/C12H17BrN2O2S.ClH/c1-9-4-5-12(11(13)7-9)18(16,17)15-10-3-2-6-14-8-10;/h4-5,7,10,14-15H,2-3,6,8H2,1H3;1H/t10-;/m0./s1. The fraction of sp³-hybridized carbons (Fsp3) is 0.500. The van der Waals surface area contributed by atoms with Gasteiger partial charge in [0.05, 0.1) is 4.90 Å². The second-order valence-electron chi connectivity index (χ2n) is 4.60. The van der Waals surface area contributed by atoms with Crippen LogP contribution in [0, 0.1) is 6.92 Å². The van der Waals surface area contributed by atoms with Crippen LogP contribution in [0.1, 0.15) is 18.4 Å². The minimum absolute atomic E-state index is 0. The molecule has 0 aromatic heterocycles. The van der Waals surface area contributed by atoms with Gasteiger partial charge in [0.2, 0.25) is 10.0 Å². The normalized spacial score (nSPS) is 19.8. The van der Waals surface area contributed by atoms with Gasteiger partial charge in [-0.25, -0.2) is 13.1 Å². The van der Waals surface area contributed by atoms with E-state index in [0.29, 0.717) is 15.9 Å². The smallest absolute Gasteiger partial charge is 0.241 e. The number of sulfonamides is 1. The van der Waals surface area contributed by atoms with Gasteiger partial charge in [0, 0.05) is 17.1 Å². The number of benzene rings is 1. The van der Waals surface area contributed by atoms with E-state index in [1.54, 1.807) is 12.1 Å². The maximum atomic E-state index is 12.3. The van der Waals surface area contributed by atoms with E-state index in [1.165, 1.54) is 0 Å². The molecule has 1 aromatic carbocycles. The van der Waals surface area contributed by atoms with Crippen LogP contribution in [0.25, 0.3) is 0 Å². The highest BCUT2D eigenvalue weighted by molar-refractivity contribution is 9.10. The average molecular weight is 370 g/mol. The summed E-state index contributed by atoms with van der Waals surface area (Å²) in [4.78, 5) is 0.304. The highest BCUT2D eigenvalue weighted by atomic mass is 79.9. The minimum Gasteiger partial charge on any atom is -0.315 e. The summed E-state index contributed by atoms with van der Waals surface area (Å²) in [5.41, 5.74) is 1.03. The van der Waals surface area contributed by atoms with Crippen molar-refractivity contribution in [1.82, 2.24) is 10.0 Å². The molecule has 4 nitrogen and oxygen atoms in total. The van der Waals surface area contributed by atoms with Crippen LogP contribution in [-0.2, 0) is 10.0 Å². The van der Waals surface area contributed by atoms with Crippen molar-refractivity contribution >= 4 is 38.4 Å². The van der Waals surface area contributed by atoms with Crippen molar-refractivity contribution in [3.05, 3.63) is 28.2 Å². The Kier molecular flexibility index (Phi) is 6.26. The zero-order valence-corrected chi connectivity index (χ0v) is 13.9. The van der Waals surface area contributed by atoms with Crippen LogP contribution in [-0.4, -0.2) is 27.5 Å². The fourth-order valence-electron chi connectivity index (χ4n) is 2.06. The van der Waals surface area contributed by atoms with E-state index in [9.17, 15) is 8.42 Å². The Morgan fingerprint density at radius 2 is 2.16 bits per heavy atom. The summed E-state index contributed by atoms with van der Waals surface area (Å²) in [5.74, 6) is 0. The highest BCUT2D eigenvalue weighted by Gasteiger charge is 2.23. The molecule has 0 bridgehead atoms. The topological polar surface area (TPSA) is 58.2 Å². The predicted octanol–water partition coefficient (Wildman–Crippen LogP) is 2.21. The number of hydrogen-bond acceptors (Lipinski definition) is 3. The molecule has 1 aliphatic heterocycles. The summed E-state index contributed by atoms with van der Waals surface area (Å²) >= 11 is 3.31. The Morgan fingerprint density at radius 1 is 1.42 bits per heavy atom. The van der Waals surface area contributed by atoms with Crippen LogP contribution in [0.4, 0.5) is 0 Å². The van der Waals surface area contributed by atoms with E-state index in [-0.39, 0.29) is 18.4 Å². The van der Waals surface area contributed by atoms with E-state index in [4.69, 9.17) is 0 Å². The first-order valence-corrected chi connectivity index (χ1v) is 8.26. The first kappa shape index (κ1) is 16.9. The van der Waals surface area contributed by atoms with Crippen molar-refractivity contribution in [2.75, 3.05) is 13.1 Å². The molecule has 19 heavy (non-hydrogen) atoms. The fourth-order valence-corrected chi connectivity index (χ4v) is 4.52. The molecule has 0 saturated carbocycles. The number of piperidine rings is 1.